The monoisotopic (exact) mass is 283 g/mol. The summed E-state index contributed by atoms with van der Waals surface area (Å²) < 4.78 is 25.6. The number of benzene rings is 1. The van der Waals surface area contributed by atoms with Gasteiger partial charge in [-0.15, -0.1) is 0 Å². The largest absolute Gasteiger partial charge is 0.388 e. The van der Waals surface area contributed by atoms with Gasteiger partial charge in [-0.2, -0.15) is 0 Å². The molecule has 0 radical (unpaired) electrons. The highest BCUT2D eigenvalue weighted by Gasteiger charge is 2.35. The molecule has 0 aliphatic rings. The third kappa shape index (κ3) is 3.70. The summed E-state index contributed by atoms with van der Waals surface area (Å²) in [7, 11) is -3.51. The molecule has 0 aromatic heterocycles. The minimum absolute atomic E-state index is 0.0231. The molecule has 0 saturated heterocycles. The molecular weight excluding hydrogens is 262 g/mol. The maximum atomic E-state index is 12.6. The van der Waals surface area contributed by atoms with Crippen LogP contribution in [-0.2, 0) is 10.0 Å². The van der Waals surface area contributed by atoms with Crippen LogP contribution in [0.1, 0.15) is 27.2 Å². The predicted octanol–water partition coefficient (Wildman–Crippen LogP) is 1.95. The summed E-state index contributed by atoms with van der Waals surface area (Å²) in [6, 6.07) is 8.88. The van der Waals surface area contributed by atoms with Crippen LogP contribution in [-0.4, -0.2) is 25.5 Å². The molecule has 0 unspecified atom stereocenters. The van der Waals surface area contributed by atoms with E-state index in [1.54, 1.807) is 45.0 Å². The lowest BCUT2D eigenvalue weighted by molar-refractivity contribution is 0.555. The number of para-hydroxylation sites is 1. The third-order valence-electron chi connectivity index (χ3n) is 2.69. The standard InChI is InChI=1S/C13H21N3O2S/c1-13(2,3)19(17,18)16(10-9-12(14)15)11-7-5-4-6-8-11/h4-8H,9-10H2,1-3H3,(H3,14,15). The summed E-state index contributed by atoms with van der Waals surface area (Å²) in [5.74, 6) is -0.0231. The average molecular weight is 283 g/mol. The van der Waals surface area contributed by atoms with Crippen molar-refractivity contribution >= 4 is 21.5 Å². The Balaban J connectivity index is 3.18. The molecule has 0 amide bonds. The van der Waals surface area contributed by atoms with E-state index >= 15 is 0 Å². The molecule has 0 spiro atoms. The van der Waals surface area contributed by atoms with Gasteiger partial charge in [0.15, 0.2) is 0 Å². The lowest BCUT2D eigenvalue weighted by Crippen LogP contribution is -2.44. The summed E-state index contributed by atoms with van der Waals surface area (Å²) in [6.07, 6.45) is 0.213. The summed E-state index contributed by atoms with van der Waals surface area (Å²) in [5, 5.41) is 7.27. The van der Waals surface area contributed by atoms with Crippen molar-refractivity contribution in [3.63, 3.8) is 0 Å². The van der Waals surface area contributed by atoms with Gasteiger partial charge in [0.25, 0.3) is 0 Å². The van der Waals surface area contributed by atoms with Gasteiger partial charge in [0, 0.05) is 13.0 Å². The predicted molar refractivity (Wildman–Crippen MR) is 79.0 cm³/mol. The van der Waals surface area contributed by atoms with Gasteiger partial charge in [-0.3, -0.25) is 9.71 Å². The van der Waals surface area contributed by atoms with Crippen molar-refractivity contribution in [3.8, 4) is 0 Å². The Morgan fingerprint density at radius 2 is 1.79 bits per heavy atom. The van der Waals surface area contributed by atoms with Gasteiger partial charge in [0.05, 0.1) is 16.3 Å². The second-order valence-electron chi connectivity index (χ2n) is 5.30. The van der Waals surface area contributed by atoms with E-state index in [-0.39, 0.29) is 18.8 Å². The van der Waals surface area contributed by atoms with E-state index in [1.165, 1.54) is 4.31 Å². The molecule has 6 heteroatoms. The highest BCUT2D eigenvalue weighted by atomic mass is 32.2. The summed E-state index contributed by atoms with van der Waals surface area (Å²) in [4.78, 5) is 0. The van der Waals surface area contributed by atoms with Crippen LogP contribution in [0.5, 0.6) is 0 Å². The number of hydrogen-bond donors (Lipinski definition) is 2. The van der Waals surface area contributed by atoms with E-state index in [0.29, 0.717) is 5.69 Å². The molecule has 0 fully saturated rings. The van der Waals surface area contributed by atoms with Crippen LogP contribution in [0.3, 0.4) is 0 Å². The van der Waals surface area contributed by atoms with Crippen molar-refractivity contribution in [2.75, 3.05) is 10.8 Å². The minimum atomic E-state index is -3.51. The van der Waals surface area contributed by atoms with Crippen molar-refractivity contribution in [3.05, 3.63) is 30.3 Å². The topological polar surface area (TPSA) is 87.2 Å². The lowest BCUT2D eigenvalue weighted by atomic mass is 10.3. The zero-order valence-corrected chi connectivity index (χ0v) is 12.4. The second-order valence-corrected chi connectivity index (χ2v) is 7.92. The van der Waals surface area contributed by atoms with Crippen LogP contribution in [0.4, 0.5) is 5.69 Å². The van der Waals surface area contributed by atoms with Gasteiger partial charge >= 0.3 is 0 Å². The number of amidine groups is 1. The smallest absolute Gasteiger partial charge is 0.240 e. The number of rotatable bonds is 5. The van der Waals surface area contributed by atoms with Crippen LogP contribution in [0.15, 0.2) is 30.3 Å². The molecule has 19 heavy (non-hydrogen) atoms. The van der Waals surface area contributed by atoms with Gasteiger partial charge in [0.1, 0.15) is 0 Å². The number of nitrogens with one attached hydrogen (secondary N) is 1. The van der Waals surface area contributed by atoms with Gasteiger partial charge in [-0.1, -0.05) is 18.2 Å². The van der Waals surface area contributed by atoms with E-state index in [9.17, 15) is 8.42 Å². The fourth-order valence-corrected chi connectivity index (χ4v) is 2.93. The van der Waals surface area contributed by atoms with Crippen LogP contribution in [0.25, 0.3) is 0 Å². The molecule has 3 N–H and O–H groups in total. The molecule has 1 aromatic carbocycles. The van der Waals surface area contributed by atoms with E-state index in [4.69, 9.17) is 11.1 Å². The van der Waals surface area contributed by atoms with E-state index in [1.807, 2.05) is 6.07 Å². The van der Waals surface area contributed by atoms with Crippen LogP contribution >= 0.6 is 0 Å². The van der Waals surface area contributed by atoms with Gasteiger partial charge in [0.2, 0.25) is 10.0 Å². The third-order valence-corrected chi connectivity index (χ3v) is 5.21. The minimum Gasteiger partial charge on any atom is -0.388 e. The molecular formula is C13H21N3O2S. The first-order valence-electron chi connectivity index (χ1n) is 6.06. The van der Waals surface area contributed by atoms with Crippen LogP contribution < -0.4 is 10.0 Å². The van der Waals surface area contributed by atoms with Crippen molar-refractivity contribution in [1.82, 2.24) is 0 Å². The SMILES string of the molecule is CC(C)(C)S(=O)(=O)N(CCC(=N)N)c1ccccc1. The number of hydrogen-bond acceptors (Lipinski definition) is 3. The maximum absolute atomic E-state index is 12.6. The van der Waals surface area contributed by atoms with E-state index in [2.05, 4.69) is 0 Å². The molecule has 0 bridgehead atoms. The van der Waals surface area contributed by atoms with E-state index < -0.39 is 14.8 Å². The Bertz CT molecular complexity index is 533. The van der Waals surface area contributed by atoms with Crippen molar-refractivity contribution < 1.29 is 8.42 Å². The molecule has 0 heterocycles. The summed E-state index contributed by atoms with van der Waals surface area (Å²) in [5.41, 5.74) is 5.93. The van der Waals surface area contributed by atoms with Gasteiger partial charge in [-0.05, 0) is 32.9 Å². The Morgan fingerprint density at radius 1 is 1.26 bits per heavy atom. The van der Waals surface area contributed by atoms with E-state index in [0.717, 1.165) is 0 Å². The first kappa shape index (κ1) is 15.5. The Morgan fingerprint density at radius 3 is 2.21 bits per heavy atom. The van der Waals surface area contributed by atoms with Crippen molar-refractivity contribution in [1.29, 1.82) is 5.41 Å². The van der Waals surface area contributed by atoms with Crippen molar-refractivity contribution in [2.45, 2.75) is 31.9 Å². The quantitative estimate of drug-likeness (QED) is 0.639. The van der Waals surface area contributed by atoms with Crippen molar-refractivity contribution in [2.24, 2.45) is 5.73 Å². The molecule has 0 aliphatic carbocycles. The molecule has 0 saturated carbocycles. The molecule has 1 aromatic rings. The Hall–Kier alpha value is -1.56. The molecule has 1 rings (SSSR count). The first-order valence-corrected chi connectivity index (χ1v) is 7.50. The number of sulfonamides is 1. The number of anilines is 1. The maximum Gasteiger partial charge on any atom is 0.240 e. The highest BCUT2D eigenvalue weighted by Crippen LogP contribution is 2.26. The summed E-state index contributed by atoms with van der Waals surface area (Å²) >= 11 is 0. The average Bonchev–Trinajstić information content (AvgIpc) is 2.28. The lowest BCUT2D eigenvalue weighted by Gasteiger charge is -2.31. The molecule has 0 atom stereocenters. The first-order chi connectivity index (χ1) is 8.66. The molecule has 0 aliphatic heterocycles. The fourth-order valence-electron chi connectivity index (χ4n) is 1.53. The van der Waals surface area contributed by atoms with Crippen LogP contribution in [0, 0.1) is 5.41 Å². The van der Waals surface area contributed by atoms with Gasteiger partial charge in [-0.25, -0.2) is 8.42 Å². The zero-order chi connectivity index (χ0) is 14.7. The second kappa shape index (κ2) is 5.61. The number of nitrogens with two attached hydrogens (primary N) is 1. The normalized spacial score (nSPS) is 12.2. The molecule has 106 valence electrons. The van der Waals surface area contributed by atoms with Crippen LogP contribution in [0.2, 0.25) is 0 Å². The summed E-state index contributed by atoms with van der Waals surface area (Å²) in [6.45, 7) is 5.16. The highest BCUT2D eigenvalue weighted by molar-refractivity contribution is 7.94. The Labute approximate surface area is 115 Å². The molecule has 5 nitrogen and oxygen atoms in total. The number of nitrogens with zero attached hydrogens (tertiary/aromatic N) is 1. The fraction of sp³-hybridized carbons (Fsp3) is 0.462. The van der Waals surface area contributed by atoms with Gasteiger partial charge < -0.3 is 5.73 Å². The Kier molecular flexibility index (Phi) is 4.57. The zero-order valence-electron chi connectivity index (χ0n) is 11.6.